The molecule has 1 unspecified atom stereocenters. The number of nitrogens with one attached hydrogen (secondary N) is 1. The molecule has 1 atom stereocenters. The Morgan fingerprint density at radius 3 is 2.63 bits per heavy atom. The number of aryl methyl sites for hydroxylation is 1. The Balaban J connectivity index is 2.39. The van der Waals surface area contributed by atoms with E-state index in [9.17, 15) is 4.79 Å². The zero-order valence-corrected chi connectivity index (χ0v) is 12.2. The van der Waals surface area contributed by atoms with Crippen LogP contribution in [0, 0.1) is 12.8 Å². The van der Waals surface area contributed by atoms with Gasteiger partial charge in [-0.15, -0.1) is 0 Å². The summed E-state index contributed by atoms with van der Waals surface area (Å²) >= 11 is 0. The highest BCUT2D eigenvalue weighted by Gasteiger charge is 2.09. The van der Waals surface area contributed by atoms with Crippen molar-refractivity contribution in [2.75, 3.05) is 17.7 Å². The van der Waals surface area contributed by atoms with Gasteiger partial charge in [-0.3, -0.25) is 4.79 Å². The van der Waals surface area contributed by atoms with Crippen molar-refractivity contribution >= 4 is 17.3 Å². The van der Waals surface area contributed by atoms with Crippen LogP contribution in [0.15, 0.2) is 18.2 Å². The van der Waals surface area contributed by atoms with Crippen molar-refractivity contribution in [2.24, 2.45) is 5.92 Å². The van der Waals surface area contributed by atoms with Crippen molar-refractivity contribution in [3.05, 3.63) is 23.8 Å². The summed E-state index contributed by atoms with van der Waals surface area (Å²) in [5, 5.41) is 2.87. The van der Waals surface area contributed by atoms with Crippen LogP contribution in [0.4, 0.5) is 11.4 Å². The minimum Gasteiger partial charge on any atom is -0.399 e. The molecule has 1 aromatic rings. The summed E-state index contributed by atoms with van der Waals surface area (Å²) in [6.45, 7) is 8.58. The molecule has 0 aliphatic carbocycles. The molecule has 0 bridgehead atoms. The number of nitrogens with two attached hydrogens (primary N) is 1. The Bertz CT molecular complexity index is 430. The van der Waals surface area contributed by atoms with Gasteiger partial charge in [0.2, 0.25) is 5.91 Å². The highest BCUT2D eigenvalue weighted by atomic mass is 16.5. The number of hydrogen-bond acceptors (Lipinski definition) is 3. The maximum atomic E-state index is 11.8. The number of rotatable bonds is 6. The van der Waals surface area contributed by atoms with Crippen LogP contribution in [-0.2, 0) is 9.53 Å². The molecule has 0 spiro atoms. The van der Waals surface area contributed by atoms with Gasteiger partial charge in [0.1, 0.15) is 0 Å². The first-order valence-electron chi connectivity index (χ1n) is 6.67. The molecule has 106 valence electrons. The Morgan fingerprint density at radius 2 is 2.05 bits per heavy atom. The molecule has 0 heterocycles. The number of anilines is 2. The van der Waals surface area contributed by atoms with Gasteiger partial charge in [0.25, 0.3) is 0 Å². The number of carbonyl (C=O) groups excluding carboxylic acids is 1. The molecule has 0 aromatic heterocycles. The van der Waals surface area contributed by atoms with Gasteiger partial charge in [-0.1, -0.05) is 13.8 Å². The first-order chi connectivity index (χ1) is 8.90. The quantitative estimate of drug-likeness (QED) is 0.776. The summed E-state index contributed by atoms with van der Waals surface area (Å²) in [4.78, 5) is 11.8. The number of carbonyl (C=O) groups is 1. The van der Waals surface area contributed by atoms with Crippen LogP contribution in [-0.4, -0.2) is 18.6 Å². The smallest absolute Gasteiger partial charge is 0.226 e. The molecule has 1 amide bonds. The summed E-state index contributed by atoms with van der Waals surface area (Å²) in [6, 6.07) is 5.44. The third-order valence-corrected chi connectivity index (χ3v) is 3.17. The van der Waals surface area contributed by atoms with Gasteiger partial charge in [0.15, 0.2) is 0 Å². The van der Waals surface area contributed by atoms with Crippen molar-refractivity contribution in [1.29, 1.82) is 0 Å². The van der Waals surface area contributed by atoms with Crippen LogP contribution < -0.4 is 11.1 Å². The van der Waals surface area contributed by atoms with E-state index in [2.05, 4.69) is 19.2 Å². The molecule has 4 nitrogen and oxygen atoms in total. The Morgan fingerprint density at radius 1 is 1.37 bits per heavy atom. The summed E-state index contributed by atoms with van der Waals surface area (Å²) in [7, 11) is 0. The number of nitrogen functional groups attached to an aromatic ring is 1. The minimum absolute atomic E-state index is 0.0381. The zero-order valence-electron chi connectivity index (χ0n) is 12.2. The second-order valence-corrected chi connectivity index (χ2v) is 5.19. The average Bonchev–Trinajstić information content (AvgIpc) is 2.32. The largest absolute Gasteiger partial charge is 0.399 e. The first-order valence-corrected chi connectivity index (χ1v) is 6.67. The fourth-order valence-corrected chi connectivity index (χ4v) is 1.57. The van der Waals surface area contributed by atoms with E-state index in [0.29, 0.717) is 24.6 Å². The van der Waals surface area contributed by atoms with E-state index in [1.54, 1.807) is 6.07 Å². The molecule has 3 N–H and O–H groups in total. The molecule has 0 saturated heterocycles. The van der Waals surface area contributed by atoms with Gasteiger partial charge in [-0.2, -0.15) is 0 Å². The lowest BCUT2D eigenvalue weighted by Crippen LogP contribution is -2.20. The Hall–Kier alpha value is -1.55. The molecule has 1 rings (SSSR count). The van der Waals surface area contributed by atoms with Crippen LogP contribution >= 0.6 is 0 Å². The molecular formula is C15H24N2O2. The van der Waals surface area contributed by atoms with Gasteiger partial charge < -0.3 is 15.8 Å². The summed E-state index contributed by atoms with van der Waals surface area (Å²) in [6.07, 6.45) is 0.534. The second-order valence-electron chi connectivity index (χ2n) is 5.19. The fraction of sp³-hybridized carbons (Fsp3) is 0.533. The Kier molecular flexibility index (Phi) is 5.83. The lowest BCUT2D eigenvalue weighted by atomic mass is 10.1. The maximum Gasteiger partial charge on any atom is 0.226 e. The number of amides is 1. The molecule has 0 radical (unpaired) electrons. The standard InChI is InChI=1S/C15H24N2O2/c1-10(2)12(4)19-8-7-15(18)17-14-6-5-13(16)9-11(14)3/h5-6,9-10,12H,7-8,16H2,1-4H3,(H,17,18). The summed E-state index contributed by atoms with van der Waals surface area (Å²) < 4.78 is 5.58. The SMILES string of the molecule is Cc1cc(N)ccc1NC(=O)CCOC(C)C(C)C. The average molecular weight is 264 g/mol. The second kappa shape index (κ2) is 7.14. The summed E-state index contributed by atoms with van der Waals surface area (Å²) in [5.41, 5.74) is 8.13. The van der Waals surface area contributed by atoms with Gasteiger partial charge in [-0.25, -0.2) is 0 Å². The number of hydrogen-bond donors (Lipinski definition) is 2. The minimum atomic E-state index is -0.0381. The fourth-order valence-electron chi connectivity index (χ4n) is 1.57. The van der Waals surface area contributed by atoms with Gasteiger partial charge in [0, 0.05) is 11.4 Å². The van der Waals surface area contributed by atoms with Crippen molar-refractivity contribution in [2.45, 2.75) is 40.2 Å². The first kappa shape index (κ1) is 15.5. The van der Waals surface area contributed by atoms with Crippen LogP contribution in [0.25, 0.3) is 0 Å². The van der Waals surface area contributed by atoms with Crippen molar-refractivity contribution in [3.8, 4) is 0 Å². The highest BCUT2D eigenvalue weighted by Crippen LogP contribution is 2.17. The van der Waals surface area contributed by atoms with Gasteiger partial charge >= 0.3 is 0 Å². The topological polar surface area (TPSA) is 64.3 Å². The lowest BCUT2D eigenvalue weighted by Gasteiger charge is -2.16. The van der Waals surface area contributed by atoms with E-state index in [0.717, 1.165) is 11.3 Å². The molecule has 4 heteroatoms. The Labute approximate surface area is 115 Å². The van der Waals surface area contributed by atoms with Gasteiger partial charge in [0.05, 0.1) is 19.1 Å². The van der Waals surface area contributed by atoms with Crippen LogP contribution in [0.5, 0.6) is 0 Å². The third-order valence-electron chi connectivity index (χ3n) is 3.17. The highest BCUT2D eigenvalue weighted by molar-refractivity contribution is 5.91. The van der Waals surface area contributed by atoms with Crippen molar-refractivity contribution < 1.29 is 9.53 Å². The lowest BCUT2D eigenvalue weighted by molar-refractivity contribution is -0.117. The van der Waals surface area contributed by atoms with E-state index in [1.165, 1.54) is 0 Å². The van der Waals surface area contributed by atoms with E-state index < -0.39 is 0 Å². The van der Waals surface area contributed by atoms with E-state index in [1.807, 2.05) is 26.0 Å². The summed E-state index contributed by atoms with van der Waals surface area (Å²) in [5.74, 6) is 0.422. The van der Waals surface area contributed by atoms with Gasteiger partial charge in [-0.05, 0) is 43.5 Å². The number of benzene rings is 1. The molecule has 19 heavy (non-hydrogen) atoms. The zero-order chi connectivity index (χ0) is 14.4. The van der Waals surface area contributed by atoms with E-state index >= 15 is 0 Å². The molecule has 0 fully saturated rings. The predicted molar refractivity (Wildman–Crippen MR) is 79.1 cm³/mol. The monoisotopic (exact) mass is 264 g/mol. The van der Waals surface area contributed by atoms with Crippen LogP contribution in [0.3, 0.4) is 0 Å². The predicted octanol–water partition coefficient (Wildman–Crippen LogP) is 2.97. The van der Waals surface area contributed by atoms with E-state index in [-0.39, 0.29) is 12.0 Å². The van der Waals surface area contributed by atoms with Crippen molar-refractivity contribution in [3.63, 3.8) is 0 Å². The maximum absolute atomic E-state index is 11.8. The third kappa shape index (κ3) is 5.30. The molecule has 0 aliphatic heterocycles. The van der Waals surface area contributed by atoms with Crippen LogP contribution in [0.2, 0.25) is 0 Å². The molecule has 1 aromatic carbocycles. The van der Waals surface area contributed by atoms with E-state index in [4.69, 9.17) is 10.5 Å². The molecule has 0 saturated carbocycles. The molecule has 0 aliphatic rings. The molecular weight excluding hydrogens is 240 g/mol. The number of ether oxygens (including phenoxy) is 1. The van der Waals surface area contributed by atoms with Crippen molar-refractivity contribution in [1.82, 2.24) is 0 Å². The normalized spacial score (nSPS) is 12.5. The van der Waals surface area contributed by atoms with Crippen LogP contribution in [0.1, 0.15) is 32.8 Å².